The van der Waals surface area contributed by atoms with Gasteiger partial charge in [0, 0.05) is 17.3 Å². The molecule has 3 heteroatoms. The lowest BCUT2D eigenvalue weighted by Crippen LogP contribution is -2.18. The van der Waals surface area contributed by atoms with E-state index >= 15 is 0 Å². The van der Waals surface area contributed by atoms with E-state index in [1.807, 2.05) is 18.3 Å². The highest BCUT2D eigenvalue weighted by Crippen LogP contribution is 2.48. The number of hydrogen-bond donors (Lipinski definition) is 2. The van der Waals surface area contributed by atoms with Gasteiger partial charge in [0.1, 0.15) is 0 Å². The van der Waals surface area contributed by atoms with E-state index in [0.717, 1.165) is 5.69 Å². The molecule has 0 unspecified atom stereocenters. The van der Waals surface area contributed by atoms with Gasteiger partial charge in [-0.2, -0.15) is 0 Å². The Morgan fingerprint density at radius 1 is 0.478 bits per heavy atom. The first-order valence-electron chi connectivity index (χ1n) is 16.9. The van der Waals surface area contributed by atoms with Crippen LogP contribution in [-0.4, -0.2) is 4.98 Å². The van der Waals surface area contributed by atoms with Gasteiger partial charge in [0.05, 0.1) is 11.4 Å². The normalized spacial score (nSPS) is 13.2. The van der Waals surface area contributed by atoms with Crippen LogP contribution in [0, 0.1) is 0 Å². The smallest absolute Gasteiger partial charge is 0.153 e. The molecule has 3 aromatic carbocycles. The third-order valence-electron chi connectivity index (χ3n) is 9.05. The maximum absolute atomic E-state index is 6.58. The van der Waals surface area contributed by atoms with Crippen LogP contribution >= 0.6 is 0 Å². The highest BCUT2D eigenvalue weighted by molar-refractivity contribution is 5.96. The molecule has 3 nitrogen and oxygen atoms in total. The number of anilines is 3. The number of rotatable bonds is 4. The van der Waals surface area contributed by atoms with Crippen LogP contribution in [-0.2, 0) is 27.1 Å². The Bertz CT molecular complexity index is 1630. The van der Waals surface area contributed by atoms with Gasteiger partial charge in [-0.25, -0.2) is 4.98 Å². The lowest BCUT2D eigenvalue weighted by molar-refractivity contribution is 0.577. The van der Waals surface area contributed by atoms with Crippen molar-refractivity contribution in [1.29, 1.82) is 0 Å². The summed E-state index contributed by atoms with van der Waals surface area (Å²) in [5, 5.41) is 3.82. The standard InChI is InChI=1S/C43H59N3/c1-39(2,3)27-18-20-34(42(10,11)12)30(23-27)32-25-29(41(7,8)9)26-33(37(32)46-38-36(44)17-16-22-45-38)31-24-28(40(4,5)6)19-21-35(31)43(13,14)15/h16-26H,44H2,1-15H3,(H,45,46). The number of nitrogens with zero attached hydrogens (tertiary/aromatic N) is 1. The van der Waals surface area contributed by atoms with E-state index in [9.17, 15) is 0 Å². The summed E-state index contributed by atoms with van der Waals surface area (Å²) in [4.78, 5) is 4.73. The zero-order valence-electron chi connectivity index (χ0n) is 31.4. The zero-order chi connectivity index (χ0) is 34.6. The Labute approximate surface area is 280 Å². The number of nitrogens with one attached hydrogen (secondary N) is 1. The van der Waals surface area contributed by atoms with Gasteiger partial charge < -0.3 is 11.1 Å². The highest BCUT2D eigenvalue weighted by Gasteiger charge is 2.30. The molecule has 0 atom stereocenters. The minimum Gasteiger partial charge on any atom is -0.396 e. The van der Waals surface area contributed by atoms with Crippen molar-refractivity contribution in [2.75, 3.05) is 11.1 Å². The Balaban J connectivity index is 2.30. The summed E-state index contributed by atoms with van der Waals surface area (Å²) in [6.45, 7) is 34.6. The van der Waals surface area contributed by atoms with Crippen molar-refractivity contribution in [3.63, 3.8) is 0 Å². The van der Waals surface area contributed by atoms with Crippen LogP contribution in [0.3, 0.4) is 0 Å². The van der Waals surface area contributed by atoms with Crippen LogP contribution in [0.2, 0.25) is 0 Å². The third-order valence-corrected chi connectivity index (χ3v) is 9.05. The quantitative estimate of drug-likeness (QED) is 0.239. The first-order chi connectivity index (χ1) is 20.9. The van der Waals surface area contributed by atoms with Crippen LogP contribution in [0.5, 0.6) is 0 Å². The van der Waals surface area contributed by atoms with Gasteiger partial charge in [-0.05, 0) is 90.3 Å². The van der Waals surface area contributed by atoms with Crippen molar-refractivity contribution < 1.29 is 0 Å². The Hall–Kier alpha value is -3.59. The molecule has 0 spiro atoms. The molecule has 46 heavy (non-hydrogen) atoms. The number of aromatic nitrogens is 1. The van der Waals surface area contributed by atoms with Crippen molar-refractivity contribution in [3.8, 4) is 22.3 Å². The summed E-state index contributed by atoms with van der Waals surface area (Å²) in [5.74, 6) is 0.669. The molecule has 0 amide bonds. The first kappa shape index (κ1) is 35.3. The molecule has 1 heterocycles. The van der Waals surface area contributed by atoms with Gasteiger partial charge in [-0.1, -0.05) is 140 Å². The molecular formula is C43H59N3. The topological polar surface area (TPSA) is 50.9 Å². The van der Waals surface area contributed by atoms with E-state index < -0.39 is 0 Å². The van der Waals surface area contributed by atoms with Crippen LogP contribution in [0.4, 0.5) is 17.2 Å². The summed E-state index contributed by atoms with van der Waals surface area (Å²) in [6, 6.07) is 22.8. The van der Waals surface area contributed by atoms with Gasteiger partial charge in [0.2, 0.25) is 0 Å². The molecule has 3 N–H and O–H groups in total. The molecule has 246 valence electrons. The zero-order valence-corrected chi connectivity index (χ0v) is 31.4. The van der Waals surface area contributed by atoms with E-state index in [1.165, 1.54) is 50.1 Å². The maximum atomic E-state index is 6.58. The minimum absolute atomic E-state index is 0.00488. The van der Waals surface area contributed by atoms with Crippen molar-refractivity contribution in [2.45, 2.75) is 131 Å². The lowest BCUT2D eigenvalue weighted by atomic mass is 9.74. The van der Waals surface area contributed by atoms with Crippen molar-refractivity contribution in [3.05, 3.63) is 94.7 Å². The molecule has 1 aromatic heterocycles. The third kappa shape index (κ3) is 7.51. The van der Waals surface area contributed by atoms with Gasteiger partial charge in [-0.3, -0.25) is 0 Å². The fourth-order valence-corrected chi connectivity index (χ4v) is 6.05. The number of benzene rings is 3. The van der Waals surface area contributed by atoms with Gasteiger partial charge in [0.15, 0.2) is 5.82 Å². The molecule has 4 rings (SSSR count). The Morgan fingerprint density at radius 3 is 1.22 bits per heavy atom. The van der Waals surface area contributed by atoms with Crippen molar-refractivity contribution in [2.24, 2.45) is 0 Å². The first-order valence-corrected chi connectivity index (χ1v) is 16.9. The SMILES string of the molecule is CC(C)(C)c1ccc(C(C)(C)C)c(-c2cc(C(C)(C)C)cc(-c3cc(C(C)(C)C)ccc3C(C)(C)C)c2Nc2ncccc2N)c1. The second kappa shape index (κ2) is 11.9. The molecule has 4 aromatic rings. The van der Waals surface area contributed by atoms with Crippen molar-refractivity contribution >= 4 is 17.2 Å². The average Bonchev–Trinajstić information content (AvgIpc) is 2.91. The predicted molar refractivity (Wildman–Crippen MR) is 203 cm³/mol. The summed E-state index contributed by atoms with van der Waals surface area (Å²) in [7, 11) is 0. The fraction of sp³-hybridized carbons (Fsp3) is 0.465. The Kier molecular flexibility index (Phi) is 9.12. The second-order valence-electron chi connectivity index (χ2n) is 18.3. The number of pyridine rings is 1. The summed E-state index contributed by atoms with van der Waals surface area (Å²) in [6.07, 6.45) is 1.81. The maximum Gasteiger partial charge on any atom is 0.153 e. The highest BCUT2D eigenvalue weighted by atomic mass is 15.0. The van der Waals surface area contributed by atoms with Gasteiger partial charge in [-0.15, -0.1) is 0 Å². The molecule has 0 aliphatic rings. The molecular weight excluding hydrogens is 558 g/mol. The molecule has 0 aliphatic heterocycles. The summed E-state index contributed by atoms with van der Waals surface area (Å²) < 4.78 is 0. The number of nitrogens with two attached hydrogens (primary N) is 1. The second-order valence-corrected chi connectivity index (χ2v) is 18.3. The summed E-state index contributed by atoms with van der Waals surface area (Å²) >= 11 is 0. The lowest BCUT2D eigenvalue weighted by Gasteiger charge is -2.32. The van der Waals surface area contributed by atoms with Crippen LogP contribution in [0.15, 0.2) is 66.9 Å². The Morgan fingerprint density at radius 2 is 0.870 bits per heavy atom. The molecule has 0 fully saturated rings. The average molecular weight is 618 g/mol. The molecule has 0 saturated carbocycles. The van der Waals surface area contributed by atoms with E-state index in [0.29, 0.717) is 11.5 Å². The van der Waals surface area contributed by atoms with E-state index in [4.69, 9.17) is 10.7 Å². The van der Waals surface area contributed by atoms with E-state index in [1.54, 1.807) is 0 Å². The van der Waals surface area contributed by atoms with Crippen molar-refractivity contribution in [1.82, 2.24) is 4.98 Å². The van der Waals surface area contributed by atoms with Gasteiger partial charge in [0.25, 0.3) is 0 Å². The van der Waals surface area contributed by atoms with E-state index in [2.05, 4.69) is 158 Å². The minimum atomic E-state index is -0.0842. The van der Waals surface area contributed by atoms with E-state index in [-0.39, 0.29) is 27.1 Å². The largest absolute Gasteiger partial charge is 0.396 e. The molecule has 0 bridgehead atoms. The van der Waals surface area contributed by atoms with Crippen LogP contribution < -0.4 is 11.1 Å². The monoisotopic (exact) mass is 617 g/mol. The molecule has 0 saturated heterocycles. The predicted octanol–water partition coefficient (Wildman–Crippen LogP) is 12.2. The number of hydrogen-bond acceptors (Lipinski definition) is 3. The number of nitrogen functional groups attached to an aromatic ring is 1. The van der Waals surface area contributed by atoms with Crippen LogP contribution in [0.1, 0.15) is 132 Å². The van der Waals surface area contributed by atoms with Crippen LogP contribution in [0.25, 0.3) is 22.3 Å². The summed E-state index contributed by atoms with van der Waals surface area (Å²) in [5.41, 5.74) is 19.4. The fourth-order valence-electron chi connectivity index (χ4n) is 6.05. The molecule has 0 aliphatic carbocycles. The molecule has 0 radical (unpaired) electrons. The van der Waals surface area contributed by atoms with Gasteiger partial charge >= 0.3 is 0 Å².